The highest BCUT2D eigenvalue weighted by Gasteiger charge is 2.19. The van der Waals surface area contributed by atoms with Crippen molar-refractivity contribution in [2.45, 2.75) is 19.9 Å². The van der Waals surface area contributed by atoms with E-state index in [0.717, 1.165) is 21.9 Å². The summed E-state index contributed by atoms with van der Waals surface area (Å²) in [7, 11) is 0. The molecule has 5 heteroatoms. The molecular weight excluding hydrogens is 326 g/mol. The Bertz CT molecular complexity index is 977. The Labute approximate surface area is 152 Å². The van der Waals surface area contributed by atoms with E-state index in [4.69, 9.17) is 5.73 Å². The molecule has 0 aliphatic rings. The third-order valence-corrected chi connectivity index (χ3v) is 4.35. The minimum absolute atomic E-state index is 0.304. The average Bonchev–Trinajstić information content (AvgIpc) is 2.64. The van der Waals surface area contributed by atoms with Crippen LogP contribution in [-0.2, 0) is 9.59 Å². The van der Waals surface area contributed by atoms with Crippen LogP contribution in [0.25, 0.3) is 10.8 Å². The van der Waals surface area contributed by atoms with E-state index in [2.05, 4.69) is 10.6 Å². The Balaban J connectivity index is 1.74. The fourth-order valence-corrected chi connectivity index (χ4v) is 2.92. The summed E-state index contributed by atoms with van der Waals surface area (Å²) in [5.41, 5.74) is 8.59. The number of anilines is 2. The van der Waals surface area contributed by atoms with E-state index in [0.29, 0.717) is 11.4 Å². The molecule has 132 valence electrons. The fraction of sp³-hybridized carbons (Fsp3) is 0.143. The second-order valence-electron chi connectivity index (χ2n) is 6.29. The molecule has 0 heterocycles. The normalized spacial score (nSPS) is 11.8. The number of amides is 2. The lowest BCUT2D eigenvalue weighted by atomic mass is 10.00. The predicted octanol–water partition coefficient (Wildman–Crippen LogP) is 3.55. The van der Waals surface area contributed by atoms with Crippen LogP contribution in [-0.4, -0.2) is 11.8 Å². The molecular formula is C21H21N3O2. The van der Waals surface area contributed by atoms with Gasteiger partial charge >= 0.3 is 11.8 Å². The molecule has 0 aromatic heterocycles. The Morgan fingerprint density at radius 3 is 2.50 bits per heavy atom. The highest BCUT2D eigenvalue weighted by Crippen LogP contribution is 2.24. The van der Waals surface area contributed by atoms with Crippen LogP contribution in [0.15, 0.2) is 60.7 Å². The highest BCUT2D eigenvalue weighted by atomic mass is 16.2. The third-order valence-electron chi connectivity index (χ3n) is 4.35. The number of nitrogens with two attached hydrogens (primary N) is 1. The first kappa shape index (κ1) is 17.5. The zero-order chi connectivity index (χ0) is 18.7. The van der Waals surface area contributed by atoms with Crippen molar-refractivity contribution in [1.82, 2.24) is 5.32 Å². The molecule has 26 heavy (non-hydrogen) atoms. The number of hydrogen-bond donors (Lipinski definition) is 3. The lowest BCUT2D eigenvalue weighted by Crippen LogP contribution is -2.37. The molecule has 5 nitrogen and oxygen atoms in total. The maximum atomic E-state index is 12.3. The van der Waals surface area contributed by atoms with E-state index in [9.17, 15) is 9.59 Å². The number of nitrogen functional groups attached to an aromatic ring is 1. The van der Waals surface area contributed by atoms with Crippen molar-refractivity contribution in [3.05, 3.63) is 71.8 Å². The van der Waals surface area contributed by atoms with E-state index >= 15 is 0 Å². The summed E-state index contributed by atoms with van der Waals surface area (Å²) >= 11 is 0. The van der Waals surface area contributed by atoms with Gasteiger partial charge in [0, 0.05) is 11.4 Å². The second kappa shape index (κ2) is 7.27. The lowest BCUT2D eigenvalue weighted by molar-refractivity contribution is -0.136. The van der Waals surface area contributed by atoms with E-state index in [1.54, 1.807) is 18.2 Å². The number of carbonyl (C=O) groups excluding carboxylic acids is 2. The molecule has 0 aliphatic carbocycles. The molecule has 0 fully saturated rings. The van der Waals surface area contributed by atoms with Crippen molar-refractivity contribution < 1.29 is 9.59 Å². The molecule has 0 bridgehead atoms. The largest absolute Gasteiger partial charge is 0.399 e. The number of carbonyl (C=O) groups is 2. The van der Waals surface area contributed by atoms with Crippen LogP contribution in [0.3, 0.4) is 0 Å². The predicted molar refractivity (Wildman–Crippen MR) is 105 cm³/mol. The van der Waals surface area contributed by atoms with Gasteiger partial charge in [0.1, 0.15) is 0 Å². The number of hydrogen-bond acceptors (Lipinski definition) is 3. The van der Waals surface area contributed by atoms with Crippen LogP contribution in [0.4, 0.5) is 11.4 Å². The monoisotopic (exact) mass is 347 g/mol. The van der Waals surface area contributed by atoms with Crippen LogP contribution < -0.4 is 16.4 Å². The van der Waals surface area contributed by atoms with Gasteiger partial charge in [-0.2, -0.15) is 0 Å². The van der Waals surface area contributed by atoms with Crippen LogP contribution in [0.1, 0.15) is 24.1 Å². The molecule has 0 saturated carbocycles. The van der Waals surface area contributed by atoms with Gasteiger partial charge in [-0.1, -0.05) is 48.5 Å². The molecule has 0 radical (unpaired) electrons. The van der Waals surface area contributed by atoms with Crippen molar-refractivity contribution in [2.75, 3.05) is 11.1 Å². The molecule has 3 aromatic carbocycles. The van der Waals surface area contributed by atoms with Gasteiger partial charge in [-0.15, -0.1) is 0 Å². The summed E-state index contributed by atoms with van der Waals surface area (Å²) in [5, 5.41) is 7.51. The molecule has 1 unspecified atom stereocenters. The van der Waals surface area contributed by atoms with Gasteiger partial charge in [-0.05, 0) is 47.9 Å². The smallest absolute Gasteiger partial charge is 0.313 e. The number of nitrogens with one attached hydrogen (secondary N) is 2. The molecule has 0 saturated heterocycles. The topological polar surface area (TPSA) is 84.2 Å². The first-order valence-corrected chi connectivity index (χ1v) is 8.41. The average molecular weight is 347 g/mol. The van der Waals surface area contributed by atoms with Gasteiger partial charge in [-0.25, -0.2) is 0 Å². The Kier molecular flexibility index (Phi) is 4.89. The number of benzene rings is 3. The van der Waals surface area contributed by atoms with Crippen molar-refractivity contribution in [1.29, 1.82) is 0 Å². The SMILES string of the molecule is Cc1ccc(N)cc1NC(=O)C(=O)NC(C)c1cccc2ccccc12. The van der Waals surface area contributed by atoms with Crippen molar-refractivity contribution in [2.24, 2.45) is 0 Å². The number of aryl methyl sites for hydroxylation is 1. The van der Waals surface area contributed by atoms with Gasteiger partial charge in [0.25, 0.3) is 0 Å². The molecule has 0 spiro atoms. The first-order valence-electron chi connectivity index (χ1n) is 8.41. The van der Waals surface area contributed by atoms with Gasteiger partial charge in [-0.3, -0.25) is 9.59 Å². The summed E-state index contributed by atoms with van der Waals surface area (Å²) in [6.07, 6.45) is 0. The van der Waals surface area contributed by atoms with Gasteiger partial charge in [0.15, 0.2) is 0 Å². The molecule has 3 rings (SSSR count). The van der Waals surface area contributed by atoms with Crippen molar-refractivity contribution in [3.8, 4) is 0 Å². The minimum atomic E-state index is -0.717. The van der Waals surface area contributed by atoms with E-state index in [-0.39, 0.29) is 6.04 Å². The van der Waals surface area contributed by atoms with Gasteiger partial charge in [0.2, 0.25) is 0 Å². The van der Waals surface area contributed by atoms with Gasteiger partial charge in [0.05, 0.1) is 6.04 Å². The molecule has 0 aliphatic heterocycles. The third kappa shape index (κ3) is 3.67. The Hall–Kier alpha value is -3.34. The van der Waals surface area contributed by atoms with E-state index in [1.807, 2.05) is 56.3 Å². The maximum Gasteiger partial charge on any atom is 0.313 e. The summed E-state index contributed by atoms with van der Waals surface area (Å²) in [6, 6.07) is 18.7. The summed E-state index contributed by atoms with van der Waals surface area (Å²) in [4.78, 5) is 24.6. The van der Waals surface area contributed by atoms with Crippen LogP contribution in [0.2, 0.25) is 0 Å². The Morgan fingerprint density at radius 1 is 0.962 bits per heavy atom. The zero-order valence-corrected chi connectivity index (χ0v) is 14.7. The summed E-state index contributed by atoms with van der Waals surface area (Å²) < 4.78 is 0. The van der Waals surface area contributed by atoms with Crippen LogP contribution in [0, 0.1) is 6.92 Å². The highest BCUT2D eigenvalue weighted by molar-refractivity contribution is 6.39. The minimum Gasteiger partial charge on any atom is -0.399 e. The van der Waals surface area contributed by atoms with Crippen molar-refractivity contribution >= 4 is 34.0 Å². The summed E-state index contributed by atoms with van der Waals surface area (Å²) in [5.74, 6) is -1.40. The van der Waals surface area contributed by atoms with Crippen molar-refractivity contribution in [3.63, 3.8) is 0 Å². The standard InChI is InChI=1S/C21H21N3O2/c1-13-10-11-16(22)12-19(13)24-21(26)20(25)23-14(2)17-9-5-7-15-6-3-4-8-18(15)17/h3-12,14H,22H2,1-2H3,(H,23,25)(H,24,26). The first-order chi connectivity index (χ1) is 12.5. The Morgan fingerprint density at radius 2 is 1.69 bits per heavy atom. The second-order valence-corrected chi connectivity index (χ2v) is 6.29. The molecule has 4 N–H and O–H groups in total. The number of rotatable bonds is 3. The van der Waals surface area contributed by atoms with Crippen LogP contribution >= 0.6 is 0 Å². The van der Waals surface area contributed by atoms with Crippen LogP contribution in [0.5, 0.6) is 0 Å². The maximum absolute atomic E-state index is 12.3. The quantitative estimate of drug-likeness (QED) is 0.500. The van der Waals surface area contributed by atoms with E-state index < -0.39 is 11.8 Å². The lowest BCUT2D eigenvalue weighted by Gasteiger charge is -2.17. The molecule has 1 atom stereocenters. The van der Waals surface area contributed by atoms with Gasteiger partial charge < -0.3 is 16.4 Å². The fourth-order valence-electron chi connectivity index (χ4n) is 2.92. The summed E-state index contributed by atoms with van der Waals surface area (Å²) in [6.45, 7) is 3.70. The van der Waals surface area contributed by atoms with E-state index in [1.165, 1.54) is 0 Å². The molecule has 3 aromatic rings. The number of fused-ring (bicyclic) bond motifs is 1. The molecule has 2 amide bonds. The zero-order valence-electron chi connectivity index (χ0n) is 14.7.